The Kier molecular flexibility index (Phi) is 5.13. The molecule has 0 spiro atoms. The number of sulfonamides is 1. The first-order chi connectivity index (χ1) is 11.9. The van der Waals surface area contributed by atoms with Gasteiger partial charge >= 0.3 is 0 Å². The summed E-state index contributed by atoms with van der Waals surface area (Å²) in [6, 6.07) is 14.7. The molecule has 132 valence electrons. The zero-order valence-electron chi connectivity index (χ0n) is 13.9. The smallest absolute Gasteiger partial charge is 0.242 e. The van der Waals surface area contributed by atoms with Gasteiger partial charge in [-0.2, -0.15) is 4.31 Å². The van der Waals surface area contributed by atoms with E-state index in [9.17, 15) is 13.2 Å². The Hall–Kier alpha value is -1.89. The molecule has 0 aromatic heterocycles. The largest absolute Gasteiger partial charge is 0.311 e. The van der Waals surface area contributed by atoms with Crippen LogP contribution in [0.5, 0.6) is 0 Å². The second-order valence-corrected chi connectivity index (χ2v) is 8.44. The summed E-state index contributed by atoms with van der Waals surface area (Å²) in [6.07, 6.45) is 1.89. The van der Waals surface area contributed by atoms with Crippen LogP contribution < -0.4 is 4.90 Å². The molecule has 1 amide bonds. The van der Waals surface area contributed by atoms with Gasteiger partial charge in [0.1, 0.15) is 0 Å². The van der Waals surface area contributed by atoms with Crippen LogP contribution in [0.2, 0.25) is 5.02 Å². The molecule has 2 aromatic carbocycles. The fourth-order valence-electron chi connectivity index (χ4n) is 2.94. The molecule has 1 aliphatic heterocycles. The van der Waals surface area contributed by atoms with E-state index in [1.54, 1.807) is 29.2 Å². The van der Waals surface area contributed by atoms with Crippen LogP contribution in [0.25, 0.3) is 0 Å². The molecular formula is C18H19ClN2O3S. The molecule has 0 saturated carbocycles. The molecule has 0 bridgehead atoms. The lowest BCUT2D eigenvalue weighted by atomic mass is 10.2. The lowest BCUT2D eigenvalue weighted by Crippen LogP contribution is -2.41. The Balaban J connectivity index is 1.80. The van der Waals surface area contributed by atoms with E-state index in [1.165, 1.54) is 0 Å². The summed E-state index contributed by atoms with van der Waals surface area (Å²) in [4.78, 5) is 14.4. The van der Waals surface area contributed by atoms with E-state index in [4.69, 9.17) is 11.6 Å². The first kappa shape index (κ1) is 17.9. The number of nitrogens with zero attached hydrogens (tertiary/aromatic N) is 2. The van der Waals surface area contributed by atoms with Crippen LogP contribution in [0.4, 0.5) is 5.69 Å². The van der Waals surface area contributed by atoms with E-state index in [2.05, 4.69) is 0 Å². The van der Waals surface area contributed by atoms with Crippen molar-refractivity contribution in [1.82, 2.24) is 4.31 Å². The highest BCUT2D eigenvalue weighted by Gasteiger charge is 2.28. The molecule has 2 aromatic rings. The average Bonchev–Trinajstić information content (AvgIpc) is 2.99. The highest BCUT2D eigenvalue weighted by atomic mass is 35.5. The number of benzene rings is 2. The Morgan fingerprint density at radius 1 is 1.16 bits per heavy atom. The van der Waals surface area contributed by atoms with E-state index in [-0.39, 0.29) is 19.0 Å². The zero-order valence-corrected chi connectivity index (χ0v) is 15.4. The first-order valence-electron chi connectivity index (χ1n) is 7.93. The molecule has 5 nitrogen and oxygen atoms in total. The number of carbonyl (C=O) groups is 1. The van der Waals surface area contributed by atoms with Crippen LogP contribution >= 0.6 is 11.6 Å². The maximum Gasteiger partial charge on any atom is 0.242 e. The van der Waals surface area contributed by atoms with Gasteiger partial charge in [-0.1, -0.05) is 48.0 Å². The quantitative estimate of drug-likeness (QED) is 0.803. The van der Waals surface area contributed by atoms with Crippen molar-refractivity contribution < 1.29 is 13.2 Å². The Bertz CT molecular complexity index is 899. The third-order valence-corrected chi connectivity index (χ3v) is 5.84. The molecule has 0 saturated heterocycles. The van der Waals surface area contributed by atoms with Crippen molar-refractivity contribution in [2.75, 3.05) is 24.2 Å². The fourth-order valence-corrected chi connectivity index (χ4v) is 3.85. The Morgan fingerprint density at radius 3 is 2.56 bits per heavy atom. The molecular weight excluding hydrogens is 360 g/mol. The minimum atomic E-state index is -3.55. The number of hydrogen-bond donors (Lipinski definition) is 0. The molecule has 0 N–H and O–H groups in total. The van der Waals surface area contributed by atoms with Crippen molar-refractivity contribution in [3.63, 3.8) is 0 Å². The Labute approximate surface area is 152 Å². The minimum absolute atomic E-state index is 0.0692. The standard InChI is InChI=1S/C18H19ClN2O3S/c1-25(23,24)20(12-15-7-2-4-8-16(15)19)13-18(22)21-11-10-14-6-3-5-9-17(14)21/h2-9H,10-13H2,1H3. The van der Waals surface area contributed by atoms with Gasteiger partial charge in [0.05, 0.1) is 12.8 Å². The number of rotatable bonds is 5. The Morgan fingerprint density at radius 2 is 1.84 bits per heavy atom. The van der Waals surface area contributed by atoms with Gasteiger partial charge in [-0.25, -0.2) is 8.42 Å². The maximum atomic E-state index is 12.7. The number of hydrogen-bond acceptors (Lipinski definition) is 3. The van der Waals surface area contributed by atoms with Gasteiger partial charge in [0.15, 0.2) is 0 Å². The van der Waals surface area contributed by atoms with Gasteiger partial charge in [-0.3, -0.25) is 4.79 Å². The highest BCUT2D eigenvalue weighted by Crippen LogP contribution is 2.28. The van der Waals surface area contributed by atoms with E-state index in [0.29, 0.717) is 17.1 Å². The molecule has 0 radical (unpaired) electrons. The van der Waals surface area contributed by atoms with Gasteiger partial charge in [0.2, 0.25) is 15.9 Å². The molecule has 1 aliphatic rings. The molecule has 0 aliphatic carbocycles. The van der Waals surface area contributed by atoms with Crippen LogP contribution in [0, 0.1) is 0 Å². The van der Waals surface area contributed by atoms with Crippen LogP contribution in [0.15, 0.2) is 48.5 Å². The van der Waals surface area contributed by atoms with Crippen molar-refractivity contribution in [1.29, 1.82) is 0 Å². The number of anilines is 1. The van der Waals surface area contributed by atoms with Crippen molar-refractivity contribution in [3.8, 4) is 0 Å². The molecule has 0 unspecified atom stereocenters. The fraction of sp³-hybridized carbons (Fsp3) is 0.278. The van der Waals surface area contributed by atoms with Crippen LogP contribution in [-0.4, -0.2) is 38.0 Å². The van der Waals surface area contributed by atoms with E-state index < -0.39 is 10.0 Å². The van der Waals surface area contributed by atoms with Gasteiger partial charge in [-0.15, -0.1) is 0 Å². The van der Waals surface area contributed by atoms with Crippen molar-refractivity contribution in [3.05, 3.63) is 64.7 Å². The van der Waals surface area contributed by atoms with Crippen molar-refractivity contribution in [2.24, 2.45) is 0 Å². The second kappa shape index (κ2) is 7.15. The predicted molar refractivity (Wildman–Crippen MR) is 99.2 cm³/mol. The minimum Gasteiger partial charge on any atom is -0.311 e. The summed E-state index contributed by atoms with van der Waals surface area (Å²) in [6.45, 7) is 0.431. The number of para-hydroxylation sites is 1. The van der Waals surface area contributed by atoms with Crippen LogP contribution in [0.1, 0.15) is 11.1 Å². The van der Waals surface area contributed by atoms with E-state index in [1.807, 2.05) is 24.3 Å². The van der Waals surface area contributed by atoms with Gasteiger partial charge in [0, 0.05) is 23.8 Å². The monoisotopic (exact) mass is 378 g/mol. The number of halogens is 1. The van der Waals surface area contributed by atoms with Crippen molar-refractivity contribution >= 4 is 33.2 Å². The normalized spacial score (nSPS) is 14.0. The van der Waals surface area contributed by atoms with Gasteiger partial charge in [-0.05, 0) is 29.7 Å². The molecule has 25 heavy (non-hydrogen) atoms. The molecule has 3 rings (SSSR count). The summed E-state index contributed by atoms with van der Waals surface area (Å²) in [7, 11) is -3.55. The molecule has 0 fully saturated rings. The summed E-state index contributed by atoms with van der Waals surface area (Å²) in [5, 5.41) is 0.482. The average molecular weight is 379 g/mol. The summed E-state index contributed by atoms with van der Waals surface area (Å²) < 4.78 is 25.5. The van der Waals surface area contributed by atoms with Crippen LogP contribution in [0.3, 0.4) is 0 Å². The lowest BCUT2D eigenvalue weighted by molar-refractivity contribution is -0.118. The van der Waals surface area contributed by atoms with Gasteiger partial charge in [0.25, 0.3) is 0 Å². The second-order valence-electron chi connectivity index (χ2n) is 6.05. The lowest BCUT2D eigenvalue weighted by Gasteiger charge is -2.24. The van der Waals surface area contributed by atoms with Crippen LogP contribution in [-0.2, 0) is 27.8 Å². The molecule has 1 heterocycles. The predicted octanol–water partition coefficient (Wildman–Crippen LogP) is 2.69. The SMILES string of the molecule is CS(=O)(=O)N(CC(=O)N1CCc2ccccc21)Cc1ccccc1Cl. The third-order valence-electron chi connectivity index (χ3n) is 4.27. The first-order valence-corrected chi connectivity index (χ1v) is 10.2. The van der Waals surface area contributed by atoms with Crippen molar-refractivity contribution in [2.45, 2.75) is 13.0 Å². The number of fused-ring (bicyclic) bond motifs is 1. The number of carbonyl (C=O) groups excluding carboxylic acids is 1. The zero-order chi connectivity index (χ0) is 18.0. The number of amides is 1. The van der Waals surface area contributed by atoms with Gasteiger partial charge < -0.3 is 4.90 Å². The summed E-state index contributed by atoms with van der Waals surface area (Å²) in [5.41, 5.74) is 2.63. The highest BCUT2D eigenvalue weighted by molar-refractivity contribution is 7.88. The summed E-state index contributed by atoms with van der Waals surface area (Å²) >= 11 is 6.13. The van der Waals surface area contributed by atoms with E-state index >= 15 is 0 Å². The third kappa shape index (κ3) is 4.03. The summed E-state index contributed by atoms with van der Waals surface area (Å²) in [5.74, 6) is -0.234. The maximum absolute atomic E-state index is 12.7. The molecule has 0 atom stereocenters. The van der Waals surface area contributed by atoms with E-state index in [0.717, 1.165) is 28.2 Å². The molecule has 7 heteroatoms. The topological polar surface area (TPSA) is 57.7 Å².